The third kappa shape index (κ3) is 5.87. The average molecular weight is 466 g/mol. The van der Waals surface area contributed by atoms with Crippen molar-refractivity contribution in [1.82, 2.24) is 15.2 Å². The predicted molar refractivity (Wildman–Crippen MR) is 140 cm³/mol. The van der Waals surface area contributed by atoms with Gasteiger partial charge in [0.05, 0.1) is 0 Å². The molecule has 3 aromatic rings. The summed E-state index contributed by atoms with van der Waals surface area (Å²) in [6.07, 6.45) is 11.1. The minimum absolute atomic E-state index is 0. The van der Waals surface area contributed by atoms with E-state index < -0.39 is 0 Å². The maximum Gasteiger partial charge on any atom is 0.243 e. The number of rotatable bonds is 8. The molecular weight excluding hydrogens is 430 g/mol. The summed E-state index contributed by atoms with van der Waals surface area (Å²) in [5, 5.41) is 4.40. The van der Waals surface area contributed by atoms with Crippen LogP contribution in [0.3, 0.4) is 0 Å². The lowest BCUT2D eigenvalue weighted by Crippen LogP contribution is -2.43. The molecule has 5 heteroatoms. The van der Waals surface area contributed by atoms with Gasteiger partial charge in [0.1, 0.15) is 0 Å². The predicted octanol–water partition coefficient (Wildman–Crippen LogP) is 5.99. The number of amides is 1. The van der Waals surface area contributed by atoms with Crippen LogP contribution in [0.15, 0.2) is 72.4 Å². The summed E-state index contributed by atoms with van der Waals surface area (Å²) < 4.78 is 0. The van der Waals surface area contributed by atoms with E-state index in [2.05, 4.69) is 90.1 Å². The minimum Gasteiger partial charge on any atom is -0.361 e. The molecule has 2 aromatic carbocycles. The molecule has 1 fully saturated rings. The van der Waals surface area contributed by atoms with E-state index in [1.807, 2.05) is 6.08 Å². The molecule has 1 amide bonds. The van der Waals surface area contributed by atoms with E-state index in [4.69, 9.17) is 0 Å². The number of H-pyrrole nitrogens is 1. The molecule has 4 rings (SSSR count). The van der Waals surface area contributed by atoms with Gasteiger partial charge < -0.3 is 10.3 Å². The highest BCUT2D eigenvalue weighted by molar-refractivity contribution is 5.88. The van der Waals surface area contributed by atoms with Gasteiger partial charge in [-0.15, -0.1) is 12.4 Å². The van der Waals surface area contributed by atoms with Gasteiger partial charge in [0.15, 0.2) is 0 Å². The maximum atomic E-state index is 12.4. The van der Waals surface area contributed by atoms with Gasteiger partial charge in [0.2, 0.25) is 5.91 Å². The molecule has 0 radical (unpaired) electrons. The Morgan fingerprint density at radius 3 is 2.45 bits per heavy atom. The molecule has 1 aromatic heterocycles. The topological polar surface area (TPSA) is 48.1 Å². The van der Waals surface area contributed by atoms with Crippen LogP contribution >= 0.6 is 12.4 Å². The third-order valence-electron chi connectivity index (χ3n) is 7.07. The lowest BCUT2D eigenvalue weighted by atomic mass is 9.74. The highest BCUT2D eigenvalue weighted by atomic mass is 35.5. The Morgan fingerprint density at radius 2 is 1.73 bits per heavy atom. The summed E-state index contributed by atoms with van der Waals surface area (Å²) in [7, 11) is 4.34. The van der Waals surface area contributed by atoms with Gasteiger partial charge in [-0.2, -0.15) is 0 Å². The molecule has 0 spiro atoms. The Balaban J connectivity index is 0.00000306. The molecule has 176 valence electrons. The summed E-state index contributed by atoms with van der Waals surface area (Å²) in [5.41, 5.74) is 5.27. The fourth-order valence-corrected chi connectivity index (χ4v) is 5.10. The SMILES string of the molecule is CN(C)C1(c2ccccc2)CCC(=CC(=O)NCCCCc2c[nH]c3ccccc23)CC1.Cl. The van der Waals surface area contributed by atoms with Gasteiger partial charge in [-0.25, -0.2) is 0 Å². The molecule has 1 aliphatic rings. The zero-order valence-electron chi connectivity index (χ0n) is 19.8. The first kappa shape index (κ1) is 25.1. The van der Waals surface area contributed by atoms with E-state index in [9.17, 15) is 4.79 Å². The summed E-state index contributed by atoms with van der Waals surface area (Å²) in [4.78, 5) is 18.1. The number of para-hydroxylation sites is 1. The first-order valence-electron chi connectivity index (χ1n) is 11.8. The van der Waals surface area contributed by atoms with Crippen LogP contribution in [-0.4, -0.2) is 36.4 Å². The van der Waals surface area contributed by atoms with Gasteiger partial charge in [-0.1, -0.05) is 54.1 Å². The van der Waals surface area contributed by atoms with Crippen LogP contribution in [0.1, 0.15) is 49.7 Å². The number of allylic oxidation sites excluding steroid dienone is 1. The zero-order chi connectivity index (χ0) is 22.4. The lowest BCUT2D eigenvalue weighted by molar-refractivity contribution is -0.116. The Morgan fingerprint density at radius 1 is 1.03 bits per heavy atom. The number of benzene rings is 2. The summed E-state index contributed by atoms with van der Waals surface area (Å²) in [6.45, 7) is 0.733. The van der Waals surface area contributed by atoms with Crippen molar-refractivity contribution in [2.24, 2.45) is 0 Å². The second-order valence-corrected chi connectivity index (χ2v) is 9.20. The lowest BCUT2D eigenvalue weighted by Gasteiger charge is -2.44. The van der Waals surface area contributed by atoms with Crippen LogP contribution in [0.25, 0.3) is 10.9 Å². The van der Waals surface area contributed by atoms with E-state index in [0.29, 0.717) is 0 Å². The van der Waals surface area contributed by atoms with Crippen LogP contribution in [0, 0.1) is 0 Å². The van der Waals surface area contributed by atoms with Gasteiger partial charge in [0.25, 0.3) is 0 Å². The Hall–Kier alpha value is -2.56. The molecule has 0 unspecified atom stereocenters. The van der Waals surface area contributed by atoms with Crippen molar-refractivity contribution in [3.63, 3.8) is 0 Å². The van der Waals surface area contributed by atoms with Crippen molar-refractivity contribution in [3.05, 3.63) is 83.6 Å². The monoisotopic (exact) mass is 465 g/mol. The summed E-state index contributed by atoms with van der Waals surface area (Å²) in [5.74, 6) is 0.0594. The van der Waals surface area contributed by atoms with E-state index in [-0.39, 0.29) is 23.9 Å². The zero-order valence-corrected chi connectivity index (χ0v) is 20.6. The number of nitrogens with one attached hydrogen (secondary N) is 2. The van der Waals surface area contributed by atoms with E-state index >= 15 is 0 Å². The van der Waals surface area contributed by atoms with Crippen molar-refractivity contribution in [3.8, 4) is 0 Å². The van der Waals surface area contributed by atoms with Gasteiger partial charge in [-0.3, -0.25) is 9.69 Å². The molecule has 1 aliphatic carbocycles. The number of hydrogen-bond acceptors (Lipinski definition) is 2. The summed E-state index contributed by atoms with van der Waals surface area (Å²) in [6, 6.07) is 19.2. The number of carbonyl (C=O) groups excluding carboxylic acids is 1. The van der Waals surface area contributed by atoms with Crippen molar-refractivity contribution in [2.45, 2.75) is 50.5 Å². The molecule has 33 heavy (non-hydrogen) atoms. The molecular formula is C28H36ClN3O. The average Bonchev–Trinajstić information content (AvgIpc) is 3.23. The molecule has 2 N–H and O–H groups in total. The number of hydrogen-bond donors (Lipinski definition) is 2. The smallest absolute Gasteiger partial charge is 0.243 e. The number of fused-ring (bicyclic) bond motifs is 1. The van der Waals surface area contributed by atoms with Crippen LogP contribution in [0.2, 0.25) is 0 Å². The van der Waals surface area contributed by atoms with Gasteiger partial charge in [0, 0.05) is 35.3 Å². The fourth-order valence-electron chi connectivity index (χ4n) is 5.10. The van der Waals surface area contributed by atoms with Crippen molar-refractivity contribution in [1.29, 1.82) is 0 Å². The summed E-state index contributed by atoms with van der Waals surface area (Å²) >= 11 is 0. The Bertz CT molecular complexity index is 1060. The quantitative estimate of drug-likeness (QED) is 0.317. The van der Waals surface area contributed by atoms with E-state index in [1.165, 1.54) is 27.6 Å². The largest absolute Gasteiger partial charge is 0.361 e. The molecule has 0 bridgehead atoms. The van der Waals surface area contributed by atoms with E-state index in [1.54, 1.807) is 0 Å². The Labute approximate surface area is 203 Å². The molecule has 4 nitrogen and oxygen atoms in total. The fraction of sp³-hybridized carbons (Fsp3) is 0.393. The molecule has 1 heterocycles. The minimum atomic E-state index is 0. The highest BCUT2D eigenvalue weighted by Gasteiger charge is 2.37. The van der Waals surface area contributed by atoms with E-state index in [0.717, 1.165) is 51.5 Å². The van der Waals surface area contributed by atoms with Crippen LogP contribution in [-0.2, 0) is 16.8 Å². The Kier molecular flexibility index (Phi) is 8.76. The number of halogens is 1. The highest BCUT2D eigenvalue weighted by Crippen LogP contribution is 2.42. The third-order valence-corrected chi connectivity index (χ3v) is 7.07. The number of aromatic nitrogens is 1. The second kappa shape index (κ2) is 11.5. The first-order valence-corrected chi connectivity index (χ1v) is 11.8. The van der Waals surface area contributed by atoms with Gasteiger partial charge in [-0.05, 0) is 76.2 Å². The van der Waals surface area contributed by atoms with Crippen molar-refractivity contribution in [2.75, 3.05) is 20.6 Å². The van der Waals surface area contributed by atoms with Gasteiger partial charge >= 0.3 is 0 Å². The maximum absolute atomic E-state index is 12.4. The van der Waals surface area contributed by atoms with Crippen LogP contribution < -0.4 is 5.32 Å². The molecule has 1 saturated carbocycles. The second-order valence-electron chi connectivity index (χ2n) is 9.20. The van der Waals surface area contributed by atoms with Crippen LogP contribution in [0.4, 0.5) is 0 Å². The number of aromatic amines is 1. The van der Waals surface area contributed by atoms with Crippen LogP contribution in [0.5, 0.6) is 0 Å². The molecule has 0 aliphatic heterocycles. The molecule has 0 saturated heterocycles. The number of aryl methyl sites for hydroxylation is 1. The van der Waals surface area contributed by atoms with Crippen molar-refractivity contribution < 1.29 is 4.79 Å². The first-order chi connectivity index (χ1) is 15.6. The molecule has 0 atom stereocenters. The normalized spacial score (nSPS) is 18.2. The number of unbranched alkanes of at least 4 members (excludes halogenated alkanes) is 1. The van der Waals surface area contributed by atoms with Crippen molar-refractivity contribution >= 4 is 29.2 Å². The number of carbonyl (C=O) groups is 1. The standard InChI is InChI=1S/C28H35N3O.ClH/c1-31(2)28(24-11-4-3-5-12-24)17-15-22(16-18-28)20-27(32)29-19-9-8-10-23-21-30-26-14-7-6-13-25(23)26;/h3-7,11-14,20-21,30H,8-10,15-19H2,1-2H3,(H,29,32);1H. The number of nitrogens with zero attached hydrogens (tertiary/aromatic N) is 1.